The molecule has 1 unspecified atom stereocenters. The molecule has 0 aromatic carbocycles. The van der Waals surface area contributed by atoms with Gasteiger partial charge in [-0.3, -0.25) is 9.59 Å². The van der Waals surface area contributed by atoms with E-state index in [9.17, 15) is 9.59 Å². The van der Waals surface area contributed by atoms with Crippen LogP contribution in [0.3, 0.4) is 0 Å². The summed E-state index contributed by atoms with van der Waals surface area (Å²) < 4.78 is 4.94. The first-order valence-electron chi connectivity index (χ1n) is 6.47. The lowest BCUT2D eigenvalue weighted by Gasteiger charge is -2.11. The molecule has 22 heavy (non-hydrogen) atoms. The van der Waals surface area contributed by atoms with E-state index in [1.54, 1.807) is 0 Å². The third kappa shape index (κ3) is 5.32. The highest BCUT2D eigenvalue weighted by molar-refractivity contribution is 5.97. The molecule has 0 bridgehead atoms. The number of carbonyl (C=O) groups excluding carboxylic acids is 2. The van der Waals surface area contributed by atoms with Gasteiger partial charge in [0.1, 0.15) is 5.56 Å². The monoisotopic (exact) mass is 350 g/mol. The van der Waals surface area contributed by atoms with Crippen LogP contribution in [0.25, 0.3) is 0 Å². The average molecular weight is 351 g/mol. The molecule has 1 atom stereocenters. The number of nitrogens with two attached hydrogens (primary N) is 1. The second kappa shape index (κ2) is 9.45. The lowest BCUT2D eigenvalue weighted by molar-refractivity contribution is -0.116. The maximum absolute atomic E-state index is 11.9. The molecule has 0 radical (unpaired) electrons. The number of hydrogen-bond donors (Lipinski definition) is 3. The van der Waals surface area contributed by atoms with Gasteiger partial charge in [-0.25, -0.2) is 4.98 Å². The van der Waals surface area contributed by atoms with Crippen LogP contribution in [0.1, 0.15) is 29.6 Å². The summed E-state index contributed by atoms with van der Waals surface area (Å²) in [5.41, 5.74) is 5.82. The molecule has 0 spiro atoms. The van der Waals surface area contributed by atoms with Crippen LogP contribution in [-0.4, -0.2) is 36.5 Å². The fourth-order valence-corrected chi connectivity index (χ4v) is 2.23. The van der Waals surface area contributed by atoms with E-state index < -0.39 is 5.91 Å². The molecular weight excluding hydrogens is 331 g/mol. The molecule has 0 aliphatic carbocycles. The standard InChI is InChI=1S/C13H18N4O3.2ClH/c1-20-13-10(12(14)19)5-9(7-16-13)17-11(18)6-8-3-2-4-15-8;;/h5,7-8,15H,2-4,6H2,1H3,(H2,14,19)(H,17,18);2*1H. The van der Waals surface area contributed by atoms with Crippen molar-refractivity contribution in [3.05, 3.63) is 17.8 Å². The van der Waals surface area contributed by atoms with E-state index in [-0.39, 0.29) is 48.2 Å². The van der Waals surface area contributed by atoms with Gasteiger partial charge in [-0.2, -0.15) is 0 Å². The summed E-state index contributed by atoms with van der Waals surface area (Å²) in [6.45, 7) is 0.952. The predicted octanol–water partition coefficient (Wildman–Crippen LogP) is 1.11. The van der Waals surface area contributed by atoms with E-state index in [4.69, 9.17) is 10.5 Å². The highest BCUT2D eigenvalue weighted by Gasteiger charge is 2.18. The number of anilines is 1. The van der Waals surface area contributed by atoms with Crippen molar-refractivity contribution in [2.24, 2.45) is 5.73 Å². The van der Waals surface area contributed by atoms with Crippen molar-refractivity contribution in [2.45, 2.75) is 25.3 Å². The zero-order chi connectivity index (χ0) is 14.5. The van der Waals surface area contributed by atoms with Gasteiger partial charge in [0.05, 0.1) is 19.0 Å². The molecule has 1 fully saturated rings. The minimum atomic E-state index is -0.650. The average Bonchev–Trinajstić information content (AvgIpc) is 2.91. The number of rotatable bonds is 5. The number of pyridine rings is 1. The Labute approximate surface area is 141 Å². The van der Waals surface area contributed by atoms with Gasteiger partial charge in [0.15, 0.2) is 0 Å². The number of halogens is 2. The minimum absolute atomic E-state index is 0. The first-order valence-corrected chi connectivity index (χ1v) is 6.47. The quantitative estimate of drug-likeness (QED) is 0.737. The highest BCUT2D eigenvalue weighted by Crippen LogP contribution is 2.19. The normalized spacial score (nSPS) is 16.1. The molecule has 7 nitrogen and oxygen atoms in total. The van der Waals surface area contributed by atoms with E-state index in [0.29, 0.717) is 12.1 Å². The van der Waals surface area contributed by atoms with Crippen LogP contribution >= 0.6 is 24.8 Å². The summed E-state index contributed by atoms with van der Waals surface area (Å²) in [5.74, 6) is -0.623. The Hall–Kier alpha value is -1.57. The number of hydrogen-bond acceptors (Lipinski definition) is 5. The molecule has 124 valence electrons. The Bertz CT molecular complexity index is 522. The summed E-state index contributed by atoms with van der Waals surface area (Å²) in [5, 5.41) is 5.96. The maximum atomic E-state index is 11.9. The van der Waals surface area contributed by atoms with E-state index >= 15 is 0 Å². The largest absolute Gasteiger partial charge is 0.480 e. The Kier molecular flexibility index (Phi) is 8.77. The van der Waals surface area contributed by atoms with Crippen LogP contribution in [0.2, 0.25) is 0 Å². The number of primary amides is 1. The molecular formula is C13H20Cl2N4O3. The zero-order valence-electron chi connectivity index (χ0n) is 12.1. The maximum Gasteiger partial charge on any atom is 0.254 e. The van der Waals surface area contributed by atoms with Crippen LogP contribution in [-0.2, 0) is 4.79 Å². The van der Waals surface area contributed by atoms with Crippen molar-refractivity contribution >= 4 is 42.3 Å². The Morgan fingerprint density at radius 1 is 1.50 bits per heavy atom. The first kappa shape index (κ1) is 20.4. The first-order chi connectivity index (χ1) is 9.60. The fourth-order valence-electron chi connectivity index (χ4n) is 2.23. The number of methoxy groups -OCH3 is 1. The van der Waals surface area contributed by atoms with Crippen molar-refractivity contribution in [1.82, 2.24) is 10.3 Å². The molecule has 0 saturated carbocycles. The SMILES string of the molecule is COc1ncc(NC(=O)CC2CCCN2)cc1C(N)=O.Cl.Cl. The Morgan fingerprint density at radius 3 is 2.77 bits per heavy atom. The predicted molar refractivity (Wildman–Crippen MR) is 88.1 cm³/mol. The van der Waals surface area contributed by atoms with Crippen molar-refractivity contribution in [1.29, 1.82) is 0 Å². The minimum Gasteiger partial charge on any atom is -0.480 e. The van der Waals surface area contributed by atoms with Gasteiger partial charge in [0.2, 0.25) is 11.8 Å². The Balaban J connectivity index is 0.00000220. The van der Waals surface area contributed by atoms with Crippen molar-refractivity contribution < 1.29 is 14.3 Å². The number of nitrogens with zero attached hydrogens (tertiary/aromatic N) is 1. The molecule has 2 amide bonds. The summed E-state index contributed by atoms with van der Waals surface area (Å²) in [6, 6.07) is 1.69. The van der Waals surface area contributed by atoms with Crippen molar-refractivity contribution in [3.63, 3.8) is 0 Å². The summed E-state index contributed by atoms with van der Waals surface area (Å²) >= 11 is 0. The number of aromatic nitrogens is 1. The number of carbonyl (C=O) groups is 2. The number of nitrogens with one attached hydrogen (secondary N) is 2. The van der Waals surface area contributed by atoms with Crippen LogP contribution in [0.5, 0.6) is 5.88 Å². The lowest BCUT2D eigenvalue weighted by Crippen LogP contribution is -2.27. The molecule has 9 heteroatoms. The number of amides is 2. The van der Waals surface area contributed by atoms with E-state index in [0.717, 1.165) is 19.4 Å². The molecule has 1 saturated heterocycles. The molecule has 4 N–H and O–H groups in total. The molecule has 1 aliphatic heterocycles. The van der Waals surface area contributed by atoms with E-state index in [1.165, 1.54) is 19.4 Å². The molecule has 2 heterocycles. The second-order valence-electron chi connectivity index (χ2n) is 4.69. The molecule has 2 rings (SSSR count). The Morgan fingerprint density at radius 2 is 2.23 bits per heavy atom. The number of ether oxygens (including phenoxy) is 1. The second-order valence-corrected chi connectivity index (χ2v) is 4.69. The smallest absolute Gasteiger partial charge is 0.254 e. The van der Waals surface area contributed by atoms with Gasteiger partial charge in [0.25, 0.3) is 5.91 Å². The lowest BCUT2D eigenvalue weighted by atomic mass is 10.1. The van der Waals surface area contributed by atoms with Crippen molar-refractivity contribution in [2.75, 3.05) is 19.0 Å². The highest BCUT2D eigenvalue weighted by atomic mass is 35.5. The van der Waals surface area contributed by atoms with Gasteiger partial charge in [0, 0.05) is 12.5 Å². The zero-order valence-corrected chi connectivity index (χ0v) is 13.8. The van der Waals surface area contributed by atoms with Crippen LogP contribution < -0.4 is 21.1 Å². The van der Waals surface area contributed by atoms with Crippen LogP contribution in [0, 0.1) is 0 Å². The van der Waals surface area contributed by atoms with Gasteiger partial charge >= 0.3 is 0 Å². The van der Waals surface area contributed by atoms with E-state index in [1.807, 2.05) is 0 Å². The third-order valence-corrected chi connectivity index (χ3v) is 3.19. The van der Waals surface area contributed by atoms with Gasteiger partial charge in [-0.05, 0) is 25.5 Å². The van der Waals surface area contributed by atoms with E-state index in [2.05, 4.69) is 15.6 Å². The summed E-state index contributed by atoms with van der Waals surface area (Å²) in [4.78, 5) is 27.1. The molecule has 1 aliphatic rings. The van der Waals surface area contributed by atoms with Gasteiger partial charge in [-0.15, -0.1) is 24.8 Å². The topological polar surface area (TPSA) is 106 Å². The summed E-state index contributed by atoms with van der Waals surface area (Å²) in [7, 11) is 1.40. The summed E-state index contributed by atoms with van der Waals surface area (Å²) in [6.07, 6.45) is 3.93. The van der Waals surface area contributed by atoms with Gasteiger partial charge in [-0.1, -0.05) is 0 Å². The molecule has 1 aromatic heterocycles. The van der Waals surface area contributed by atoms with Crippen LogP contribution in [0.15, 0.2) is 12.3 Å². The van der Waals surface area contributed by atoms with Crippen molar-refractivity contribution in [3.8, 4) is 5.88 Å². The van der Waals surface area contributed by atoms with Gasteiger partial charge < -0.3 is 21.1 Å². The fraction of sp³-hybridized carbons (Fsp3) is 0.462. The van der Waals surface area contributed by atoms with Crippen LogP contribution in [0.4, 0.5) is 5.69 Å². The molecule has 1 aromatic rings. The third-order valence-electron chi connectivity index (χ3n) is 3.19.